The van der Waals surface area contributed by atoms with E-state index in [9.17, 15) is 0 Å². The fourth-order valence-electron chi connectivity index (χ4n) is 2.25. The first-order valence-corrected chi connectivity index (χ1v) is 8.35. The third-order valence-electron chi connectivity index (χ3n) is 3.51. The van der Waals surface area contributed by atoms with Crippen molar-refractivity contribution in [2.24, 2.45) is 0 Å². The normalized spacial score (nSPS) is 14.6. The molecular formula is C15H21N5S. The fraction of sp³-hybridized carbons (Fsp3) is 0.533. The molecule has 1 N–H and O–H groups in total. The highest BCUT2D eigenvalue weighted by Gasteiger charge is 2.28. The van der Waals surface area contributed by atoms with Crippen molar-refractivity contribution in [2.75, 3.05) is 6.54 Å². The van der Waals surface area contributed by atoms with Gasteiger partial charge in [0.1, 0.15) is 0 Å². The number of aromatic nitrogens is 4. The monoisotopic (exact) mass is 303 g/mol. The average Bonchev–Trinajstić information content (AvgIpc) is 3.22. The van der Waals surface area contributed by atoms with Gasteiger partial charge in [-0.25, -0.2) is 4.68 Å². The minimum absolute atomic E-state index is 0.509. The Morgan fingerprint density at radius 3 is 3.00 bits per heavy atom. The highest BCUT2D eigenvalue weighted by atomic mass is 32.2. The maximum Gasteiger partial charge on any atom is 0.214 e. The van der Waals surface area contributed by atoms with Crippen LogP contribution in [0.5, 0.6) is 0 Å². The minimum Gasteiger partial charge on any atom is -0.313 e. The Morgan fingerprint density at radius 2 is 2.24 bits per heavy atom. The first kappa shape index (κ1) is 14.5. The summed E-state index contributed by atoms with van der Waals surface area (Å²) in [5, 5.41) is 16.5. The van der Waals surface area contributed by atoms with E-state index in [0.29, 0.717) is 6.04 Å². The summed E-state index contributed by atoms with van der Waals surface area (Å²) in [5.41, 5.74) is 2.60. The van der Waals surface area contributed by atoms with E-state index in [0.717, 1.165) is 24.7 Å². The van der Waals surface area contributed by atoms with Gasteiger partial charge in [-0.15, -0.1) is 5.10 Å². The molecule has 3 rings (SSSR count). The number of benzene rings is 1. The van der Waals surface area contributed by atoms with Gasteiger partial charge in [-0.2, -0.15) is 0 Å². The first-order valence-electron chi connectivity index (χ1n) is 7.54. The maximum absolute atomic E-state index is 4.18. The second-order valence-electron chi connectivity index (χ2n) is 5.53. The topological polar surface area (TPSA) is 55.6 Å². The number of hydrogen-bond acceptors (Lipinski definition) is 5. The summed E-state index contributed by atoms with van der Waals surface area (Å²) >= 11 is 1.67. The molecule has 1 aliphatic rings. The molecule has 0 unspecified atom stereocenters. The van der Waals surface area contributed by atoms with Crippen LogP contribution in [0.4, 0.5) is 0 Å². The fourth-order valence-corrected chi connectivity index (χ4v) is 3.20. The van der Waals surface area contributed by atoms with E-state index >= 15 is 0 Å². The van der Waals surface area contributed by atoms with E-state index in [2.05, 4.69) is 52.9 Å². The van der Waals surface area contributed by atoms with Gasteiger partial charge < -0.3 is 5.32 Å². The van der Waals surface area contributed by atoms with Crippen molar-refractivity contribution in [3.8, 4) is 0 Å². The summed E-state index contributed by atoms with van der Waals surface area (Å²) < 4.78 is 1.97. The molecule has 1 saturated carbocycles. The van der Waals surface area contributed by atoms with Gasteiger partial charge >= 0.3 is 0 Å². The van der Waals surface area contributed by atoms with Gasteiger partial charge in [-0.3, -0.25) is 0 Å². The number of aryl methyl sites for hydroxylation is 1. The van der Waals surface area contributed by atoms with Crippen LogP contribution in [-0.4, -0.2) is 26.8 Å². The SMILES string of the molecule is CCCNCc1cc(C)ccc1Sc1nnnn1C1CC1. The minimum atomic E-state index is 0.509. The highest BCUT2D eigenvalue weighted by Crippen LogP contribution is 2.38. The molecule has 0 bridgehead atoms. The smallest absolute Gasteiger partial charge is 0.214 e. The lowest BCUT2D eigenvalue weighted by Gasteiger charge is -2.11. The Balaban J connectivity index is 1.78. The molecule has 1 aliphatic carbocycles. The summed E-state index contributed by atoms with van der Waals surface area (Å²) in [6.07, 6.45) is 3.53. The Kier molecular flexibility index (Phi) is 4.55. The Hall–Kier alpha value is -1.40. The molecule has 0 saturated heterocycles. The molecule has 112 valence electrons. The molecule has 1 aromatic heterocycles. The van der Waals surface area contributed by atoms with Gasteiger partial charge in [0.05, 0.1) is 6.04 Å². The Labute approximate surface area is 129 Å². The van der Waals surface area contributed by atoms with Crippen LogP contribution in [0.3, 0.4) is 0 Å². The Bertz CT molecular complexity index is 606. The summed E-state index contributed by atoms with van der Waals surface area (Å²) in [6, 6.07) is 7.08. The molecule has 0 radical (unpaired) electrons. The number of nitrogens with zero attached hydrogens (tertiary/aromatic N) is 4. The van der Waals surface area contributed by atoms with Crippen LogP contribution in [0, 0.1) is 6.92 Å². The molecular weight excluding hydrogens is 282 g/mol. The standard InChI is InChI=1S/C15H21N5S/c1-3-8-16-10-12-9-11(2)4-7-14(12)21-15-17-18-19-20(15)13-5-6-13/h4,7,9,13,16H,3,5-6,8,10H2,1-2H3. The van der Waals surface area contributed by atoms with Crippen LogP contribution < -0.4 is 5.32 Å². The highest BCUT2D eigenvalue weighted by molar-refractivity contribution is 7.99. The number of nitrogens with one attached hydrogen (secondary N) is 1. The summed E-state index contributed by atoms with van der Waals surface area (Å²) in [4.78, 5) is 1.24. The largest absolute Gasteiger partial charge is 0.313 e. The molecule has 2 aromatic rings. The second kappa shape index (κ2) is 6.58. The molecule has 0 atom stereocenters. The lowest BCUT2D eigenvalue weighted by molar-refractivity contribution is 0.565. The molecule has 0 spiro atoms. The van der Waals surface area contributed by atoms with E-state index in [4.69, 9.17) is 0 Å². The number of hydrogen-bond donors (Lipinski definition) is 1. The summed E-state index contributed by atoms with van der Waals surface area (Å²) in [6.45, 7) is 6.25. The van der Waals surface area contributed by atoms with Gasteiger partial charge in [0, 0.05) is 11.4 Å². The van der Waals surface area contributed by atoms with Gasteiger partial charge in [-0.1, -0.05) is 24.6 Å². The van der Waals surface area contributed by atoms with E-state index in [1.807, 2.05) is 4.68 Å². The molecule has 5 nitrogen and oxygen atoms in total. The molecule has 0 aliphatic heterocycles. The summed E-state index contributed by atoms with van der Waals surface area (Å²) in [7, 11) is 0. The van der Waals surface area contributed by atoms with Crippen molar-refractivity contribution in [1.82, 2.24) is 25.5 Å². The zero-order valence-corrected chi connectivity index (χ0v) is 13.4. The molecule has 1 aromatic carbocycles. The average molecular weight is 303 g/mol. The maximum atomic E-state index is 4.18. The molecule has 6 heteroatoms. The molecule has 1 heterocycles. The lowest BCUT2D eigenvalue weighted by atomic mass is 10.1. The van der Waals surface area contributed by atoms with E-state index in [-0.39, 0.29) is 0 Å². The van der Waals surface area contributed by atoms with Crippen LogP contribution in [-0.2, 0) is 6.54 Å². The van der Waals surface area contributed by atoms with Crippen molar-refractivity contribution < 1.29 is 0 Å². The number of tetrazole rings is 1. The van der Waals surface area contributed by atoms with Crippen LogP contribution in [0.2, 0.25) is 0 Å². The molecule has 1 fully saturated rings. The summed E-state index contributed by atoms with van der Waals surface area (Å²) in [5.74, 6) is 0. The van der Waals surface area contributed by atoms with E-state index in [1.165, 1.54) is 28.9 Å². The zero-order chi connectivity index (χ0) is 14.7. The van der Waals surface area contributed by atoms with E-state index in [1.54, 1.807) is 11.8 Å². The third kappa shape index (κ3) is 3.63. The lowest BCUT2D eigenvalue weighted by Crippen LogP contribution is -2.14. The predicted octanol–water partition coefficient (Wildman–Crippen LogP) is 2.97. The quantitative estimate of drug-likeness (QED) is 0.797. The number of rotatable bonds is 7. The van der Waals surface area contributed by atoms with Crippen molar-refractivity contribution in [2.45, 2.75) is 55.7 Å². The van der Waals surface area contributed by atoms with Crippen molar-refractivity contribution in [1.29, 1.82) is 0 Å². The van der Waals surface area contributed by atoms with Crippen molar-refractivity contribution in [3.05, 3.63) is 29.3 Å². The van der Waals surface area contributed by atoms with Gasteiger partial charge in [-0.05, 0) is 66.5 Å². The van der Waals surface area contributed by atoms with Crippen LogP contribution in [0.15, 0.2) is 28.3 Å². The van der Waals surface area contributed by atoms with Crippen LogP contribution >= 0.6 is 11.8 Å². The third-order valence-corrected chi connectivity index (χ3v) is 4.58. The zero-order valence-electron chi connectivity index (χ0n) is 12.5. The van der Waals surface area contributed by atoms with Gasteiger partial charge in [0.2, 0.25) is 5.16 Å². The van der Waals surface area contributed by atoms with Crippen molar-refractivity contribution in [3.63, 3.8) is 0 Å². The Morgan fingerprint density at radius 1 is 1.38 bits per heavy atom. The van der Waals surface area contributed by atoms with Gasteiger partial charge in [0.15, 0.2) is 0 Å². The first-order chi connectivity index (χ1) is 10.3. The van der Waals surface area contributed by atoms with Crippen LogP contribution in [0.25, 0.3) is 0 Å². The molecule has 0 amide bonds. The predicted molar refractivity (Wildman–Crippen MR) is 83.4 cm³/mol. The second-order valence-corrected chi connectivity index (χ2v) is 6.54. The van der Waals surface area contributed by atoms with Crippen molar-refractivity contribution >= 4 is 11.8 Å². The molecule has 21 heavy (non-hydrogen) atoms. The van der Waals surface area contributed by atoms with Gasteiger partial charge in [0.25, 0.3) is 0 Å². The van der Waals surface area contributed by atoms with E-state index < -0.39 is 0 Å². The van der Waals surface area contributed by atoms with Crippen LogP contribution in [0.1, 0.15) is 43.4 Å².